The van der Waals surface area contributed by atoms with E-state index < -0.39 is 6.04 Å². The second kappa shape index (κ2) is 13.2. The summed E-state index contributed by atoms with van der Waals surface area (Å²) in [5.74, 6) is 0.260. The van der Waals surface area contributed by atoms with Crippen molar-refractivity contribution in [3.63, 3.8) is 0 Å². The number of amides is 2. The van der Waals surface area contributed by atoms with Gasteiger partial charge in [-0.1, -0.05) is 86.1 Å². The molecule has 0 aromatic heterocycles. The second-order valence-corrected chi connectivity index (χ2v) is 8.40. The number of carbonyl (C=O) groups is 2. The van der Waals surface area contributed by atoms with Gasteiger partial charge in [-0.2, -0.15) is 0 Å². The Labute approximate surface area is 202 Å². The first-order valence-electron chi connectivity index (χ1n) is 11.9. The maximum absolute atomic E-state index is 13.5. The quantitative estimate of drug-likeness (QED) is 0.392. The van der Waals surface area contributed by atoms with E-state index in [4.69, 9.17) is 4.74 Å². The molecule has 5 nitrogen and oxygen atoms in total. The highest BCUT2D eigenvalue weighted by molar-refractivity contribution is 5.88. The van der Waals surface area contributed by atoms with Gasteiger partial charge in [-0.05, 0) is 42.2 Å². The van der Waals surface area contributed by atoms with Gasteiger partial charge in [0.25, 0.3) is 5.91 Å². The molecule has 1 atom stereocenters. The van der Waals surface area contributed by atoms with Crippen LogP contribution in [0.1, 0.15) is 36.5 Å². The highest BCUT2D eigenvalue weighted by Gasteiger charge is 2.30. The third kappa shape index (κ3) is 7.48. The largest absolute Gasteiger partial charge is 0.484 e. The number of benzene rings is 3. The molecule has 178 valence electrons. The summed E-state index contributed by atoms with van der Waals surface area (Å²) in [5.41, 5.74) is 3.09. The van der Waals surface area contributed by atoms with Crippen molar-refractivity contribution < 1.29 is 14.3 Å². The Bertz CT molecular complexity index is 1040. The van der Waals surface area contributed by atoms with Crippen LogP contribution in [0.25, 0.3) is 0 Å². The zero-order valence-corrected chi connectivity index (χ0v) is 20.1. The van der Waals surface area contributed by atoms with Crippen molar-refractivity contribution in [3.8, 4) is 5.75 Å². The minimum atomic E-state index is -0.647. The van der Waals surface area contributed by atoms with E-state index >= 15 is 0 Å². The Morgan fingerprint density at radius 3 is 2.24 bits per heavy atom. The lowest BCUT2D eigenvalue weighted by Gasteiger charge is -2.32. The highest BCUT2D eigenvalue weighted by atomic mass is 16.5. The lowest BCUT2D eigenvalue weighted by Crippen LogP contribution is -2.52. The topological polar surface area (TPSA) is 58.6 Å². The predicted octanol–water partition coefficient (Wildman–Crippen LogP) is 4.93. The summed E-state index contributed by atoms with van der Waals surface area (Å²) < 4.78 is 5.77. The first-order valence-corrected chi connectivity index (χ1v) is 11.9. The smallest absolute Gasteiger partial charge is 0.261 e. The lowest BCUT2D eigenvalue weighted by atomic mass is 10.0. The first kappa shape index (κ1) is 25.0. The van der Waals surface area contributed by atoms with E-state index in [0.29, 0.717) is 25.3 Å². The van der Waals surface area contributed by atoms with Crippen molar-refractivity contribution in [2.45, 2.75) is 45.7 Å². The molecule has 3 aromatic carbocycles. The van der Waals surface area contributed by atoms with E-state index in [1.807, 2.05) is 91.9 Å². The average molecular weight is 459 g/mol. The number of hydrogen-bond donors (Lipinski definition) is 1. The number of rotatable bonds is 12. The maximum Gasteiger partial charge on any atom is 0.261 e. The summed E-state index contributed by atoms with van der Waals surface area (Å²) in [6.45, 7) is 4.90. The Kier molecular flexibility index (Phi) is 9.71. The molecule has 34 heavy (non-hydrogen) atoms. The van der Waals surface area contributed by atoms with Crippen LogP contribution >= 0.6 is 0 Å². The van der Waals surface area contributed by atoms with Crippen LogP contribution in [-0.2, 0) is 22.6 Å². The fourth-order valence-corrected chi connectivity index (χ4v) is 3.78. The van der Waals surface area contributed by atoms with Crippen LogP contribution in [0.4, 0.5) is 0 Å². The van der Waals surface area contributed by atoms with E-state index in [0.717, 1.165) is 29.5 Å². The van der Waals surface area contributed by atoms with Crippen LogP contribution in [0.15, 0.2) is 84.9 Å². The van der Waals surface area contributed by atoms with E-state index in [1.54, 1.807) is 4.90 Å². The van der Waals surface area contributed by atoms with Crippen molar-refractivity contribution in [1.82, 2.24) is 10.2 Å². The Balaban J connectivity index is 1.89. The Hall–Kier alpha value is -3.60. The van der Waals surface area contributed by atoms with Crippen LogP contribution in [0, 0.1) is 6.92 Å². The molecule has 0 aliphatic carbocycles. The molecule has 3 aromatic rings. The van der Waals surface area contributed by atoms with Gasteiger partial charge in [-0.25, -0.2) is 0 Å². The standard InChI is InChI=1S/C29H34N2O3/c1-3-4-19-30-29(33)27(20-24-14-7-5-8-15-24)31(21-25-16-12-11-13-23(25)2)28(32)22-34-26-17-9-6-10-18-26/h5-18,27H,3-4,19-22H2,1-2H3,(H,30,33). The van der Waals surface area contributed by atoms with Gasteiger partial charge in [0.05, 0.1) is 0 Å². The summed E-state index contributed by atoms with van der Waals surface area (Å²) in [7, 11) is 0. The van der Waals surface area contributed by atoms with Crippen LogP contribution in [0.2, 0.25) is 0 Å². The summed E-state index contributed by atoms with van der Waals surface area (Å²) in [4.78, 5) is 28.6. The lowest BCUT2D eigenvalue weighted by molar-refractivity contribution is -0.142. The number of unbranched alkanes of at least 4 members (excludes halogenated alkanes) is 1. The molecule has 0 heterocycles. The number of para-hydroxylation sites is 1. The van der Waals surface area contributed by atoms with Crippen molar-refractivity contribution in [3.05, 3.63) is 102 Å². The molecule has 0 spiro atoms. The Morgan fingerprint density at radius 2 is 1.56 bits per heavy atom. The van der Waals surface area contributed by atoms with Crippen LogP contribution in [-0.4, -0.2) is 35.9 Å². The third-order valence-electron chi connectivity index (χ3n) is 5.81. The zero-order chi connectivity index (χ0) is 24.2. The van der Waals surface area contributed by atoms with Crippen LogP contribution in [0.3, 0.4) is 0 Å². The number of nitrogens with one attached hydrogen (secondary N) is 1. The molecule has 2 amide bonds. The molecular formula is C29H34N2O3. The molecule has 0 aliphatic heterocycles. The monoisotopic (exact) mass is 458 g/mol. The minimum absolute atomic E-state index is 0.135. The SMILES string of the molecule is CCCCNC(=O)C(Cc1ccccc1)N(Cc1ccccc1C)C(=O)COc1ccccc1. The number of carbonyl (C=O) groups excluding carboxylic acids is 2. The van der Waals surface area contributed by atoms with Gasteiger partial charge >= 0.3 is 0 Å². The number of nitrogens with zero attached hydrogens (tertiary/aromatic N) is 1. The second-order valence-electron chi connectivity index (χ2n) is 8.40. The zero-order valence-electron chi connectivity index (χ0n) is 20.1. The molecule has 1 unspecified atom stereocenters. The van der Waals surface area contributed by atoms with Gasteiger partial charge in [0.1, 0.15) is 11.8 Å². The van der Waals surface area contributed by atoms with Crippen molar-refractivity contribution in [1.29, 1.82) is 0 Å². The molecule has 0 bridgehead atoms. The molecule has 0 saturated carbocycles. The number of ether oxygens (including phenoxy) is 1. The maximum atomic E-state index is 13.5. The minimum Gasteiger partial charge on any atom is -0.484 e. The molecule has 0 aliphatic rings. The van der Waals surface area contributed by atoms with Crippen LogP contribution < -0.4 is 10.1 Å². The Morgan fingerprint density at radius 1 is 0.912 bits per heavy atom. The molecule has 3 rings (SSSR count). The van der Waals surface area contributed by atoms with Gasteiger partial charge < -0.3 is 15.0 Å². The van der Waals surface area contributed by atoms with Gasteiger partial charge in [0.15, 0.2) is 6.61 Å². The van der Waals surface area contributed by atoms with Crippen LogP contribution in [0.5, 0.6) is 5.75 Å². The van der Waals surface area contributed by atoms with E-state index in [2.05, 4.69) is 12.2 Å². The predicted molar refractivity (Wildman–Crippen MR) is 136 cm³/mol. The van der Waals surface area contributed by atoms with Gasteiger partial charge in [0.2, 0.25) is 5.91 Å². The van der Waals surface area contributed by atoms with Gasteiger partial charge in [-0.3, -0.25) is 9.59 Å². The molecular weight excluding hydrogens is 424 g/mol. The van der Waals surface area contributed by atoms with E-state index in [1.165, 1.54) is 0 Å². The number of hydrogen-bond acceptors (Lipinski definition) is 3. The molecule has 0 fully saturated rings. The highest BCUT2D eigenvalue weighted by Crippen LogP contribution is 2.18. The normalized spacial score (nSPS) is 11.5. The molecule has 0 saturated heterocycles. The summed E-state index contributed by atoms with van der Waals surface area (Å²) >= 11 is 0. The molecule has 5 heteroatoms. The number of aryl methyl sites for hydroxylation is 1. The summed E-state index contributed by atoms with van der Waals surface area (Å²) in [6, 6.07) is 26.4. The van der Waals surface area contributed by atoms with E-state index in [-0.39, 0.29) is 18.4 Å². The molecule has 0 radical (unpaired) electrons. The van der Waals surface area contributed by atoms with Crippen molar-refractivity contribution >= 4 is 11.8 Å². The molecule has 1 N–H and O–H groups in total. The summed E-state index contributed by atoms with van der Waals surface area (Å²) in [6.07, 6.45) is 2.31. The first-order chi connectivity index (χ1) is 16.6. The third-order valence-corrected chi connectivity index (χ3v) is 5.81. The fraction of sp³-hybridized carbons (Fsp3) is 0.310. The van der Waals surface area contributed by atoms with E-state index in [9.17, 15) is 9.59 Å². The van der Waals surface area contributed by atoms with Gasteiger partial charge in [-0.15, -0.1) is 0 Å². The van der Waals surface area contributed by atoms with Crippen molar-refractivity contribution in [2.75, 3.05) is 13.2 Å². The van der Waals surface area contributed by atoms with Crippen molar-refractivity contribution in [2.24, 2.45) is 0 Å². The fourth-order valence-electron chi connectivity index (χ4n) is 3.78. The average Bonchev–Trinajstić information content (AvgIpc) is 2.87. The van der Waals surface area contributed by atoms with Gasteiger partial charge in [0, 0.05) is 19.5 Å². The summed E-state index contributed by atoms with van der Waals surface area (Å²) in [5, 5.41) is 3.04.